The molecule has 11 nitrogen and oxygen atoms in total. The van der Waals surface area contributed by atoms with Crippen molar-refractivity contribution in [1.82, 2.24) is 18.7 Å². The van der Waals surface area contributed by atoms with E-state index in [1.165, 1.54) is 50.9 Å². The molecule has 0 aliphatic rings. The number of carbonyl (C=O) groups excluding carboxylic acids is 1. The third-order valence-electron chi connectivity index (χ3n) is 4.48. The molecule has 1 amide bonds. The molecule has 154 valence electrons. The van der Waals surface area contributed by atoms with Crippen molar-refractivity contribution in [3.63, 3.8) is 0 Å². The van der Waals surface area contributed by atoms with Crippen LogP contribution in [0.1, 0.15) is 0 Å². The van der Waals surface area contributed by atoms with Crippen LogP contribution in [-0.4, -0.2) is 45.9 Å². The molecule has 1 aromatic carbocycles. The van der Waals surface area contributed by atoms with Crippen LogP contribution in [0.25, 0.3) is 11.2 Å². The zero-order valence-electron chi connectivity index (χ0n) is 16.7. The summed E-state index contributed by atoms with van der Waals surface area (Å²) in [6.07, 6.45) is 1.35. The largest absolute Gasteiger partial charge is 0.493 e. The Bertz CT molecular complexity index is 1180. The summed E-state index contributed by atoms with van der Waals surface area (Å²) in [5.74, 6) is 0.769. The number of fused-ring (bicyclic) bond motifs is 1. The molecule has 0 saturated heterocycles. The maximum Gasteiger partial charge on any atom is 0.332 e. The summed E-state index contributed by atoms with van der Waals surface area (Å²) < 4.78 is 19.4. The summed E-state index contributed by atoms with van der Waals surface area (Å²) >= 11 is 0. The lowest BCUT2D eigenvalue weighted by molar-refractivity contribution is -0.116. The van der Waals surface area contributed by atoms with Crippen molar-refractivity contribution < 1.29 is 19.0 Å². The molecule has 3 rings (SSSR count). The normalized spacial score (nSPS) is 10.8. The van der Waals surface area contributed by atoms with Crippen LogP contribution in [0.3, 0.4) is 0 Å². The highest BCUT2D eigenvalue weighted by Gasteiger charge is 2.18. The topological polar surface area (TPSA) is 119 Å². The minimum Gasteiger partial charge on any atom is -0.493 e. The number of carbonyl (C=O) groups is 1. The van der Waals surface area contributed by atoms with E-state index < -0.39 is 17.2 Å². The third kappa shape index (κ3) is 3.42. The van der Waals surface area contributed by atoms with Gasteiger partial charge in [0.15, 0.2) is 22.7 Å². The second-order valence-electron chi connectivity index (χ2n) is 6.21. The van der Waals surface area contributed by atoms with Crippen LogP contribution < -0.4 is 30.8 Å². The summed E-state index contributed by atoms with van der Waals surface area (Å²) in [7, 11) is 7.31. The van der Waals surface area contributed by atoms with Crippen molar-refractivity contribution in [2.45, 2.75) is 6.54 Å². The van der Waals surface area contributed by atoms with Gasteiger partial charge in [-0.2, -0.15) is 0 Å². The first-order valence-electron chi connectivity index (χ1n) is 8.53. The van der Waals surface area contributed by atoms with Crippen LogP contribution >= 0.6 is 0 Å². The molecule has 0 saturated carbocycles. The first kappa shape index (κ1) is 20.0. The van der Waals surface area contributed by atoms with Gasteiger partial charge >= 0.3 is 5.69 Å². The number of ether oxygens (including phenoxy) is 3. The van der Waals surface area contributed by atoms with Gasteiger partial charge in [-0.3, -0.25) is 18.7 Å². The van der Waals surface area contributed by atoms with E-state index in [1.807, 2.05) is 0 Å². The van der Waals surface area contributed by atoms with Gasteiger partial charge < -0.3 is 24.1 Å². The maximum atomic E-state index is 12.6. The van der Waals surface area contributed by atoms with Gasteiger partial charge in [0.25, 0.3) is 5.56 Å². The highest BCUT2D eigenvalue weighted by atomic mass is 16.5. The predicted molar refractivity (Wildman–Crippen MR) is 105 cm³/mol. The fraction of sp³-hybridized carbons (Fsp3) is 0.333. The van der Waals surface area contributed by atoms with Gasteiger partial charge in [0.2, 0.25) is 11.7 Å². The van der Waals surface area contributed by atoms with Gasteiger partial charge in [-0.25, -0.2) is 9.78 Å². The lowest BCUT2D eigenvalue weighted by atomic mass is 10.2. The molecule has 2 heterocycles. The molecule has 0 bridgehead atoms. The summed E-state index contributed by atoms with van der Waals surface area (Å²) in [6, 6.07) is 3.18. The molecule has 3 aromatic rings. The van der Waals surface area contributed by atoms with Gasteiger partial charge in [0, 0.05) is 31.9 Å². The van der Waals surface area contributed by atoms with E-state index in [-0.39, 0.29) is 17.7 Å². The first-order chi connectivity index (χ1) is 13.8. The molecule has 0 aliphatic heterocycles. The zero-order valence-corrected chi connectivity index (χ0v) is 16.7. The number of aromatic nitrogens is 4. The Balaban J connectivity index is 1.93. The molecule has 0 spiro atoms. The van der Waals surface area contributed by atoms with Gasteiger partial charge in [0.1, 0.15) is 6.54 Å². The monoisotopic (exact) mass is 403 g/mol. The van der Waals surface area contributed by atoms with Crippen molar-refractivity contribution in [3.05, 3.63) is 39.3 Å². The second-order valence-corrected chi connectivity index (χ2v) is 6.21. The summed E-state index contributed by atoms with van der Waals surface area (Å²) in [4.78, 5) is 41.2. The molecule has 29 heavy (non-hydrogen) atoms. The number of nitrogens with one attached hydrogen (secondary N) is 1. The molecular formula is C18H21N5O6. The Morgan fingerprint density at radius 2 is 1.66 bits per heavy atom. The number of nitrogens with zero attached hydrogens (tertiary/aromatic N) is 4. The van der Waals surface area contributed by atoms with Crippen LogP contribution in [0.5, 0.6) is 17.2 Å². The molecule has 0 unspecified atom stereocenters. The molecule has 0 fully saturated rings. The van der Waals surface area contributed by atoms with Crippen LogP contribution in [0.2, 0.25) is 0 Å². The van der Waals surface area contributed by atoms with E-state index in [9.17, 15) is 14.4 Å². The van der Waals surface area contributed by atoms with Gasteiger partial charge in [0.05, 0.1) is 27.7 Å². The number of hydrogen-bond acceptors (Lipinski definition) is 7. The summed E-state index contributed by atoms with van der Waals surface area (Å²) in [5, 5.41) is 2.73. The quantitative estimate of drug-likeness (QED) is 0.620. The lowest BCUT2D eigenvalue weighted by Gasteiger charge is -2.14. The average molecular weight is 403 g/mol. The Labute approximate surface area is 165 Å². The Kier molecular flexibility index (Phi) is 5.31. The van der Waals surface area contributed by atoms with Crippen LogP contribution in [-0.2, 0) is 25.4 Å². The van der Waals surface area contributed by atoms with Crippen molar-refractivity contribution in [2.24, 2.45) is 14.1 Å². The lowest BCUT2D eigenvalue weighted by Crippen LogP contribution is -2.37. The Morgan fingerprint density at radius 1 is 1.03 bits per heavy atom. The highest BCUT2D eigenvalue weighted by Crippen LogP contribution is 2.39. The SMILES string of the molecule is COc1cc(NC(=O)Cn2cnc3c2c(=O)n(C)c(=O)n3C)cc(OC)c1OC. The predicted octanol–water partition coefficient (Wildman–Crippen LogP) is 0.0982. The number of methoxy groups -OCH3 is 3. The van der Waals surface area contributed by atoms with Crippen molar-refractivity contribution >= 4 is 22.8 Å². The maximum absolute atomic E-state index is 12.6. The Morgan fingerprint density at radius 3 is 2.21 bits per heavy atom. The van der Waals surface area contributed by atoms with Crippen molar-refractivity contribution in [1.29, 1.82) is 0 Å². The van der Waals surface area contributed by atoms with Gasteiger partial charge in [-0.05, 0) is 0 Å². The third-order valence-corrected chi connectivity index (χ3v) is 4.48. The molecule has 0 radical (unpaired) electrons. The average Bonchev–Trinajstić information content (AvgIpc) is 3.13. The fourth-order valence-corrected chi connectivity index (χ4v) is 3.03. The van der Waals surface area contributed by atoms with Crippen molar-refractivity contribution in [3.8, 4) is 17.2 Å². The van der Waals surface area contributed by atoms with Crippen LogP contribution in [0.15, 0.2) is 28.0 Å². The van der Waals surface area contributed by atoms with E-state index in [0.29, 0.717) is 22.9 Å². The first-order valence-corrected chi connectivity index (χ1v) is 8.53. The fourth-order valence-electron chi connectivity index (χ4n) is 3.03. The Hall–Kier alpha value is -3.76. The minimum absolute atomic E-state index is 0.162. The van der Waals surface area contributed by atoms with E-state index in [1.54, 1.807) is 12.1 Å². The number of aryl methyl sites for hydroxylation is 1. The van der Waals surface area contributed by atoms with Crippen molar-refractivity contribution in [2.75, 3.05) is 26.6 Å². The summed E-state index contributed by atoms with van der Waals surface area (Å²) in [6.45, 7) is -0.180. The number of hydrogen-bond donors (Lipinski definition) is 1. The minimum atomic E-state index is -0.527. The number of anilines is 1. The smallest absolute Gasteiger partial charge is 0.332 e. The standard InChI is InChI=1S/C18H21N5O6/c1-21-16-14(17(25)22(2)18(21)26)23(9-19-16)8-13(24)20-10-6-11(27-3)15(29-5)12(7-10)28-4/h6-7,9H,8H2,1-5H3,(H,20,24). The molecule has 1 N–H and O–H groups in total. The van der Waals surface area contributed by atoms with Crippen LogP contribution in [0, 0.1) is 0 Å². The summed E-state index contributed by atoms with van der Waals surface area (Å²) in [5.41, 5.74) is -0.224. The zero-order chi connectivity index (χ0) is 21.3. The van der Waals surface area contributed by atoms with Gasteiger partial charge in [-0.1, -0.05) is 0 Å². The molecular weight excluding hydrogens is 382 g/mol. The molecule has 2 aromatic heterocycles. The second kappa shape index (κ2) is 7.70. The molecule has 0 atom stereocenters. The van der Waals surface area contributed by atoms with Crippen LogP contribution in [0.4, 0.5) is 5.69 Å². The number of amides is 1. The van der Waals surface area contributed by atoms with E-state index >= 15 is 0 Å². The van der Waals surface area contributed by atoms with E-state index in [4.69, 9.17) is 14.2 Å². The van der Waals surface area contributed by atoms with E-state index in [2.05, 4.69) is 10.3 Å². The number of benzene rings is 1. The highest BCUT2D eigenvalue weighted by molar-refractivity contribution is 5.92. The molecule has 11 heteroatoms. The van der Waals surface area contributed by atoms with E-state index in [0.717, 1.165) is 4.57 Å². The number of imidazole rings is 1. The molecule has 0 aliphatic carbocycles. The number of rotatable bonds is 6. The van der Waals surface area contributed by atoms with Gasteiger partial charge in [-0.15, -0.1) is 0 Å².